The first-order chi connectivity index (χ1) is 21.2. The van der Waals surface area contributed by atoms with Crippen molar-refractivity contribution >= 4 is 34.1 Å². The maximum atomic E-state index is 13.7. The van der Waals surface area contributed by atoms with Crippen LogP contribution in [0.25, 0.3) is 11.0 Å². The van der Waals surface area contributed by atoms with Gasteiger partial charge in [0.05, 0.1) is 41.1 Å². The van der Waals surface area contributed by atoms with Crippen LogP contribution in [0, 0.1) is 11.3 Å². The number of nitriles is 1. The molecule has 3 aliphatic heterocycles. The maximum absolute atomic E-state index is 13.7. The molecule has 3 fully saturated rings. The van der Waals surface area contributed by atoms with Crippen molar-refractivity contribution in [2.75, 3.05) is 63.2 Å². The van der Waals surface area contributed by atoms with Crippen molar-refractivity contribution in [3.8, 4) is 17.6 Å². The summed E-state index contributed by atoms with van der Waals surface area (Å²) in [5.41, 5.74) is 3.29. The van der Waals surface area contributed by atoms with Gasteiger partial charge in [-0.1, -0.05) is 19.3 Å². The quantitative estimate of drug-likeness (QED) is 0.379. The molecule has 0 radical (unpaired) electrons. The van der Waals surface area contributed by atoms with Crippen molar-refractivity contribution in [2.45, 2.75) is 57.0 Å². The first kappa shape index (κ1) is 27.8. The van der Waals surface area contributed by atoms with Gasteiger partial charge in [-0.3, -0.25) is 9.69 Å². The van der Waals surface area contributed by atoms with Crippen LogP contribution in [0.1, 0.15) is 60.9 Å². The predicted octanol–water partition coefficient (Wildman–Crippen LogP) is 4.63. The number of ether oxygens (including phenoxy) is 3. The number of pyridine rings is 1. The second-order valence-corrected chi connectivity index (χ2v) is 11.9. The summed E-state index contributed by atoms with van der Waals surface area (Å²) in [6.45, 7) is 5.73. The topological polar surface area (TPSA) is 128 Å². The second kappa shape index (κ2) is 12.3. The zero-order valence-corrected chi connectivity index (χ0v) is 24.5. The van der Waals surface area contributed by atoms with E-state index in [1.54, 1.807) is 6.20 Å². The van der Waals surface area contributed by atoms with Crippen LogP contribution in [0.2, 0.25) is 0 Å². The van der Waals surface area contributed by atoms with Gasteiger partial charge in [0.25, 0.3) is 5.91 Å². The van der Waals surface area contributed by atoms with Gasteiger partial charge in [0.1, 0.15) is 30.7 Å². The van der Waals surface area contributed by atoms with Crippen molar-refractivity contribution in [1.82, 2.24) is 19.8 Å². The number of hydrogen-bond acceptors (Lipinski definition) is 9. The summed E-state index contributed by atoms with van der Waals surface area (Å²) in [5, 5.41) is 17.6. The summed E-state index contributed by atoms with van der Waals surface area (Å²) >= 11 is 0. The van der Waals surface area contributed by atoms with Crippen molar-refractivity contribution < 1.29 is 19.0 Å². The van der Waals surface area contributed by atoms with E-state index in [0.29, 0.717) is 65.1 Å². The van der Waals surface area contributed by atoms with Crippen LogP contribution in [0.5, 0.6) is 11.5 Å². The molecule has 0 unspecified atom stereocenters. The van der Waals surface area contributed by atoms with Crippen molar-refractivity contribution in [3.05, 3.63) is 35.5 Å². The van der Waals surface area contributed by atoms with Crippen LogP contribution in [0.15, 0.2) is 24.4 Å². The fraction of sp³-hybridized carbons (Fsp3) is 0.531. The van der Waals surface area contributed by atoms with E-state index in [1.807, 2.05) is 23.1 Å². The van der Waals surface area contributed by atoms with E-state index in [0.717, 1.165) is 76.1 Å². The van der Waals surface area contributed by atoms with Crippen molar-refractivity contribution in [2.24, 2.45) is 0 Å². The minimum absolute atomic E-state index is 0.0253. The minimum Gasteiger partial charge on any atom is -0.485 e. The number of nitrogens with zero attached hydrogens (tertiary/aromatic N) is 4. The highest BCUT2D eigenvalue weighted by Crippen LogP contribution is 2.43. The van der Waals surface area contributed by atoms with Gasteiger partial charge in [-0.2, -0.15) is 5.26 Å². The predicted molar refractivity (Wildman–Crippen MR) is 163 cm³/mol. The average Bonchev–Trinajstić information content (AvgIpc) is 3.49. The van der Waals surface area contributed by atoms with Crippen LogP contribution in [0.3, 0.4) is 0 Å². The number of fused-ring (bicyclic) bond motifs is 2. The Morgan fingerprint density at radius 1 is 0.953 bits per heavy atom. The minimum atomic E-state index is -0.0253. The van der Waals surface area contributed by atoms with Crippen LogP contribution < -0.4 is 20.1 Å². The molecule has 43 heavy (non-hydrogen) atoms. The third-order valence-corrected chi connectivity index (χ3v) is 9.22. The van der Waals surface area contributed by atoms with Crippen molar-refractivity contribution in [3.63, 3.8) is 0 Å². The summed E-state index contributed by atoms with van der Waals surface area (Å²) in [6, 6.07) is 8.81. The number of H-pyrrole nitrogens is 1. The van der Waals surface area contributed by atoms with E-state index in [9.17, 15) is 10.1 Å². The summed E-state index contributed by atoms with van der Waals surface area (Å²) in [6.07, 6.45) is 9.52. The lowest BCUT2D eigenvalue weighted by Gasteiger charge is -2.40. The normalized spacial score (nSPS) is 20.1. The monoisotopic (exact) mass is 585 g/mol. The fourth-order valence-corrected chi connectivity index (χ4v) is 6.96. The molecule has 0 spiro atoms. The van der Waals surface area contributed by atoms with Gasteiger partial charge in [0, 0.05) is 50.5 Å². The van der Waals surface area contributed by atoms with E-state index in [2.05, 4.69) is 26.6 Å². The molecule has 5 heterocycles. The largest absolute Gasteiger partial charge is 0.485 e. The number of carbonyl (C=O) groups excluding carboxylic acids is 1. The molecule has 11 heteroatoms. The molecule has 2 saturated heterocycles. The lowest BCUT2D eigenvalue weighted by Crippen LogP contribution is -2.50. The number of benzene rings is 1. The van der Waals surface area contributed by atoms with Gasteiger partial charge in [-0.15, -0.1) is 0 Å². The van der Waals surface area contributed by atoms with Gasteiger partial charge < -0.3 is 34.7 Å². The maximum Gasteiger partial charge on any atom is 0.257 e. The number of likely N-dealkylation sites (tertiary alicyclic amines) is 1. The Morgan fingerprint density at radius 2 is 1.72 bits per heavy atom. The standard InChI is InChI=1S/C32H39N7O4/c33-19-21-20-34-31-28(21)26(35-22-4-2-1-3-5-22)18-27(37-31)36-25-7-6-24(29-30(25)43-17-16-42-29)32(40)39-10-8-23(9-11-39)38-12-14-41-15-13-38/h6-7,18,20,22-23H,1-5,8-17H2,(H3,34,35,36,37). The molecule has 0 bridgehead atoms. The van der Waals surface area contributed by atoms with Crippen LogP contribution in [-0.2, 0) is 4.74 Å². The lowest BCUT2D eigenvalue weighted by atomic mass is 9.95. The number of anilines is 3. The summed E-state index contributed by atoms with van der Waals surface area (Å²) < 4.78 is 17.7. The average molecular weight is 586 g/mol. The number of amides is 1. The van der Waals surface area contributed by atoms with E-state index < -0.39 is 0 Å². The molecule has 7 rings (SSSR count). The van der Waals surface area contributed by atoms with E-state index in [1.165, 1.54) is 19.3 Å². The third kappa shape index (κ3) is 5.69. The zero-order valence-electron chi connectivity index (χ0n) is 24.5. The smallest absolute Gasteiger partial charge is 0.257 e. The summed E-state index contributed by atoms with van der Waals surface area (Å²) in [5.74, 6) is 1.58. The lowest BCUT2D eigenvalue weighted by molar-refractivity contribution is 0.00152. The Bertz CT molecular complexity index is 1510. The molecule has 11 nitrogen and oxygen atoms in total. The Morgan fingerprint density at radius 3 is 2.49 bits per heavy atom. The van der Waals surface area contributed by atoms with Gasteiger partial charge in [-0.25, -0.2) is 4.98 Å². The molecule has 1 aliphatic carbocycles. The van der Waals surface area contributed by atoms with E-state index in [4.69, 9.17) is 19.2 Å². The number of rotatable bonds is 6. The highest BCUT2D eigenvalue weighted by molar-refractivity contribution is 6.00. The molecular weight excluding hydrogens is 546 g/mol. The molecule has 0 atom stereocenters. The molecule has 3 N–H and O–H groups in total. The van der Waals surface area contributed by atoms with Gasteiger partial charge in [0.2, 0.25) is 0 Å². The number of morpholine rings is 1. The van der Waals surface area contributed by atoms with E-state index in [-0.39, 0.29) is 5.91 Å². The summed E-state index contributed by atoms with van der Waals surface area (Å²) in [7, 11) is 0. The van der Waals surface area contributed by atoms with Crippen LogP contribution in [0.4, 0.5) is 17.2 Å². The fourth-order valence-electron chi connectivity index (χ4n) is 6.96. The Labute approximate surface area is 251 Å². The SMILES string of the molecule is N#Cc1c[nH]c2nc(Nc3ccc(C(=O)N4CCC(N5CCOCC5)CC4)c4c3OCCO4)cc(NC3CCCCC3)c12. The number of piperidine rings is 1. The van der Waals surface area contributed by atoms with E-state index >= 15 is 0 Å². The van der Waals surface area contributed by atoms with Gasteiger partial charge >= 0.3 is 0 Å². The molecule has 2 aromatic heterocycles. The van der Waals surface area contributed by atoms with Crippen LogP contribution in [-0.4, -0.2) is 90.4 Å². The third-order valence-electron chi connectivity index (χ3n) is 9.22. The molecule has 1 aromatic carbocycles. The number of aromatic nitrogens is 2. The number of aromatic amines is 1. The molecule has 1 amide bonds. The highest BCUT2D eigenvalue weighted by atomic mass is 16.6. The Kier molecular flexibility index (Phi) is 7.96. The number of carbonyl (C=O) groups is 1. The molecule has 1 saturated carbocycles. The second-order valence-electron chi connectivity index (χ2n) is 11.9. The number of nitrogens with one attached hydrogen (secondary N) is 3. The molecule has 4 aliphatic rings. The zero-order chi connectivity index (χ0) is 29.2. The summed E-state index contributed by atoms with van der Waals surface area (Å²) in [4.78, 5) is 26.1. The highest BCUT2D eigenvalue weighted by Gasteiger charge is 2.32. The Balaban J connectivity index is 1.12. The molecule has 226 valence electrons. The van der Waals surface area contributed by atoms with Crippen LogP contribution >= 0.6 is 0 Å². The first-order valence-corrected chi connectivity index (χ1v) is 15.7. The molecule has 3 aromatic rings. The molecular formula is C32H39N7O4. The van der Waals surface area contributed by atoms with Crippen molar-refractivity contribution in [1.29, 1.82) is 5.26 Å². The Hall–Kier alpha value is -4.01. The van der Waals surface area contributed by atoms with Gasteiger partial charge in [-0.05, 0) is 37.8 Å². The van der Waals surface area contributed by atoms with Gasteiger partial charge in [0.15, 0.2) is 11.5 Å². The first-order valence-electron chi connectivity index (χ1n) is 15.7. The number of hydrogen-bond donors (Lipinski definition) is 3.